The molecular formula is C24H29N9O. The average molecular weight is 460 g/mol. The Hall–Kier alpha value is -3.80. The van der Waals surface area contributed by atoms with Gasteiger partial charge in [0.25, 0.3) is 0 Å². The van der Waals surface area contributed by atoms with Crippen molar-refractivity contribution >= 4 is 11.3 Å². The van der Waals surface area contributed by atoms with Gasteiger partial charge in [0.15, 0.2) is 0 Å². The maximum atomic E-state index is 9.54. The molecule has 0 unspecified atom stereocenters. The molecule has 176 valence electrons. The van der Waals surface area contributed by atoms with Crippen molar-refractivity contribution in [2.75, 3.05) is 31.1 Å². The number of hydrogen-bond acceptors (Lipinski definition) is 7. The fraction of sp³-hybridized carbons (Fsp3) is 0.458. The summed E-state index contributed by atoms with van der Waals surface area (Å²) in [5.41, 5.74) is 11.9. The van der Waals surface area contributed by atoms with E-state index < -0.39 is 0 Å². The number of anilines is 1. The van der Waals surface area contributed by atoms with Gasteiger partial charge >= 0.3 is 0 Å². The van der Waals surface area contributed by atoms with Gasteiger partial charge < -0.3 is 15.0 Å². The van der Waals surface area contributed by atoms with E-state index in [1.165, 1.54) is 0 Å². The Morgan fingerprint density at radius 1 is 1.35 bits per heavy atom. The lowest BCUT2D eigenvalue weighted by Gasteiger charge is -2.19. The maximum Gasteiger partial charge on any atom is 0.138 e. The van der Waals surface area contributed by atoms with Crippen LogP contribution in [-0.4, -0.2) is 52.9 Å². The predicted molar refractivity (Wildman–Crippen MR) is 131 cm³/mol. The number of azide groups is 1. The second-order valence-corrected chi connectivity index (χ2v) is 8.81. The highest BCUT2D eigenvalue weighted by Gasteiger charge is 2.32. The van der Waals surface area contributed by atoms with Crippen LogP contribution in [0.5, 0.6) is 5.75 Å². The summed E-state index contributed by atoms with van der Waals surface area (Å²) in [7, 11) is 0. The third-order valence-corrected chi connectivity index (χ3v) is 6.02. The number of nitriles is 1. The Morgan fingerprint density at radius 3 is 2.88 bits per heavy atom. The first kappa shape index (κ1) is 23.4. The molecule has 3 aromatic heterocycles. The molecule has 3 aromatic rings. The van der Waals surface area contributed by atoms with Gasteiger partial charge in [-0.1, -0.05) is 19.0 Å². The van der Waals surface area contributed by atoms with Gasteiger partial charge in [-0.15, -0.1) is 0 Å². The topological polar surface area (TPSA) is 127 Å². The number of hydrogen-bond donors (Lipinski definition) is 1. The van der Waals surface area contributed by atoms with Gasteiger partial charge in [-0.25, -0.2) is 9.50 Å². The summed E-state index contributed by atoms with van der Waals surface area (Å²) in [4.78, 5) is 9.90. The number of rotatable bonds is 9. The van der Waals surface area contributed by atoms with E-state index in [1.807, 2.05) is 25.1 Å². The fourth-order valence-corrected chi connectivity index (χ4v) is 4.29. The van der Waals surface area contributed by atoms with E-state index in [4.69, 9.17) is 15.3 Å². The van der Waals surface area contributed by atoms with E-state index in [9.17, 15) is 5.26 Å². The van der Waals surface area contributed by atoms with Gasteiger partial charge in [0.1, 0.15) is 17.6 Å². The van der Waals surface area contributed by atoms with Crippen LogP contribution in [0.4, 0.5) is 5.82 Å². The van der Waals surface area contributed by atoms with E-state index in [0.29, 0.717) is 30.4 Å². The fourth-order valence-electron chi connectivity index (χ4n) is 4.29. The van der Waals surface area contributed by atoms with Crippen molar-refractivity contribution in [2.45, 2.75) is 39.3 Å². The first-order valence-electron chi connectivity index (χ1n) is 11.6. The minimum Gasteiger partial charge on any atom is -0.492 e. The Bertz CT molecular complexity index is 1220. The van der Waals surface area contributed by atoms with Crippen LogP contribution in [0.15, 0.2) is 41.9 Å². The van der Waals surface area contributed by atoms with Crippen molar-refractivity contribution in [1.29, 1.82) is 5.26 Å². The zero-order chi connectivity index (χ0) is 24.1. The van der Waals surface area contributed by atoms with E-state index in [1.54, 1.807) is 23.1 Å². The van der Waals surface area contributed by atoms with Crippen molar-refractivity contribution in [3.8, 4) is 22.9 Å². The monoisotopic (exact) mass is 459 g/mol. The van der Waals surface area contributed by atoms with Gasteiger partial charge in [0.2, 0.25) is 0 Å². The molecule has 0 spiro atoms. The van der Waals surface area contributed by atoms with Crippen LogP contribution in [0.1, 0.15) is 32.8 Å². The van der Waals surface area contributed by atoms with Gasteiger partial charge in [0.05, 0.1) is 36.1 Å². The van der Waals surface area contributed by atoms with Crippen molar-refractivity contribution in [1.82, 2.24) is 19.9 Å². The van der Waals surface area contributed by atoms with Crippen molar-refractivity contribution in [3.63, 3.8) is 0 Å². The zero-order valence-corrected chi connectivity index (χ0v) is 19.7. The number of pyridine rings is 2. The normalized spacial score (nSPS) is 17.7. The highest BCUT2D eigenvalue weighted by Crippen LogP contribution is 2.32. The molecule has 1 N–H and O–H groups in total. The molecule has 1 aliphatic heterocycles. The molecule has 0 radical (unpaired) electrons. The Kier molecular flexibility index (Phi) is 7.16. The van der Waals surface area contributed by atoms with Gasteiger partial charge in [0, 0.05) is 41.4 Å². The first-order valence-corrected chi connectivity index (χ1v) is 11.6. The number of ether oxygens (including phenoxy) is 1. The Labute approximate surface area is 198 Å². The van der Waals surface area contributed by atoms with Crippen LogP contribution >= 0.6 is 0 Å². The van der Waals surface area contributed by atoms with Crippen LogP contribution in [0, 0.1) is 17.2 Å². The summed E-state index contributed by atoms with van der Waals surface area (Å²) in [6.07, 6.45) is 6.21. The molecule has 0 aliphatic carbocycles. The van der Waals surface area contributed by atoms with Crippen molar-refractivity contribution in [2.24, 2.45) is 11.0 Å². The minimum absolute atomic E-state index is 0.0867. The SMILES string of the molecule is CCOc1cc(-c2ccc(N3C[C@@H](N=[N+]=[N-])[C@H](NCCC(C)C)C3)nc2)c2c(C#N)cnn2c1. The van der Waals surface area contributed by atoms with Crippen LogP contribution in [0.25, 0.3) is 27.1 Å². The van der Waals surface area contributed by atoms with Gasteiger partial charge in [-0.05, 0) is 49.5 Å². The summed E-state index contributed by atoms with van der Waals surface area (Å²) in [5, 5.41) is 21.4. The molecule has 0 saturated carbocycles. The molecule has 34 heavy (non-hydrogen) atoms. The number of nitrogens with one attached hydrogen (secondary N) is 1. The lowest BCUT2D eigenvalue weighted by atomic mass is 10.1. The van der Waals surface area contributed by atoms with E-state index in [2.05, 4.69) is 45.3 Å². The summed E-state index contributed by atoms with van der Waals surface area (Å²) in [6, 6.07) is 8.02. The van der Waals surface area contributed by atoms with Crippen LogP contribution < -0.4 is 15.0 Å². The third-order valence-electron chi connectivity index (χ3n) is 6.02. The number of nitrogens with zero attached hydrogens (tertiary/aromatic N) is 8. The van der Waals surface area contributed by atoms with Crippen molar-refractivity contribution < 1.29 is 4.74 Å². The summed E-state index contributed by atoms with van der Waals surface area (Å²) in [6.45, 7) is 9.07. The average Bonchev–Trinajstić information content (AvgIpc) is 3.43. The molecule has 0 bridgehead atoms. The second-order valence-electron chi connectivity index (χ2n) is 8.81. The molecule has 4 heterocycles. The summed E-state index contributed by atoms with van der Waals surface area (Å²) >= 11 is 0. The third kappa shape index (κ3) is 4.91. The molecule has 10 heteroatoms. The van der Waals surface area contributed by atoms with E-state index in [-0.39, 0.29) is 12.1 Å². The molecule has 0 aromatic carbocycles. The van der Waals surface area contributed by atoms with Gasteiger partial charge in [-0.2, -0.15) is 10.4 Å². The lowest BCUT2D eigenvalue weighted by Crippen LogP contribution is -2.39. The van der Waals surface area contributed by atoms with Crippen LogP contribution in [0.3, 0.4) is 0 Å². The molecule has 2 atom stereocenters. The standard InChI is InChI=1S/C24H29N9O/c1-4-34-19-9-20(24-18(10-25)12-29-33(24)13-19)17-5-6-23(28-11-17)32-14-21(22(15-32)30-31-26)27-8-7-16(2)3/h5-6,9,11-13,16,21-22,27H,4,7-8,14-15H2,1-3H3/t21-,22-/m1/s1. The summed E-state index contributed by atoms with van der Waals surface area (Å²) in [5.74, 6) is 2.11. The molecule has 10 nitrogen and oxygen atoms in total. The molecule has 4 rings (SSSR count). The molecule has 1 saturated heterocycles. The zero-order valence-electron chi connectivity index (χ0n) is 19.7. The van der Waals surface area contributed by atoms with Crippen LogP contribution in [0.2, 0.25) is 0 Å². The maximum absolute atomic E-state index is 9.54. The molecule has 0 amide bonds. The minimum atomic E-state index is -0.147. The smallest absolute Gasteiger partial charge is 0.138 e. The molecule has 1 fully saturated rings. The largest absolute Gasteiger partial charge is 0.492 e. The molecule has 1 aliphatic rings. The number of fused-ring (bicyclic) bond motifs is 1. The highest BCUT2D eigenvalue weighted by atomic mass is 16.5. The summed E-state index contributed by atoms with van der Waals surface area (Å²) < 4.78 is 7.37. The Morgan fingerprint density at radius 2 is 2.21 bits per heavy atom. The second kappa shape index (κ2) is 10.4. The first-order chi connectivity index (χ1) is 16.5. The quantitative estimate of drug-likeness (QED) is 0.291. The number of aromatic nitrogens is 3. The Balaban J connectivity index is 1.59. The van der Waals surface area contributed by atoms with E-state index >= 15 is 0 Å². The highest BCUT2D eigenvalue weighted by molar-refractivity contribution is 5.85. The van der Waals surface area contributed by atoms with Crippen molar-refractivity contribution in [3.05, 3.63) is 52.8 Å². The lowest BCUT2D eigenvalue weighted by molar-refractivity contribution is 0.338. The van der Waals surface area contributed by atoms with Gasteiger partial charge in [-0.3, -0.25) is 0 Å². The molecular weight excluding hydrogens is 430 g/mol. The predicted octanol–water partition coefficient (Wildman–Crippen LogP) is 4.17. The van der Waals surface area contributed by atoms with E-state index in [0.717, 1.165) is 42.0 Å². The van der Waals surface area contributed by atoms with Crippen LogP contribution in [-0.2, 0) is 0 Å².